The molecule has 1 aliphatic rings. The number of amides is 1. The molecule has 0 saturated carbocycles. The minimum Gasteiger partial charge on any atom is -0.488 e. The van der Waals surface area contributed by atoms with E-state index in [9.17, 15) is 13.2 Å². The second kappa shape index (κ2) is 8.35. The SMILES string of the molecule is CC(C)CCC(=O)NCC1Cc2cc(-c3ccc(S(C)(=O)=O)cc3)ccc2O1. The van der Waals surface area contributed by atoms with E-state index in [0.717, 1.165) is 35.3 Å². The van der Waals surface area contributed by atoms with Gasteiger partial charge in [0, 0.05) is 19.1 Å². The minimum atomic E-state index is -3.20. The van der Waals surface area contributed by atoms with E-state index in [2.05, 4.69) is 25.2 Å². The van der Waals surface area contributed by atoms with Crippen molar-refractivity contribution in [3.8, 4) is 16.9 Å². The third kappa shape index (κ3) is 5.13. The van der Waals surface area contributed by atoms with Crippen molar-refractivity contribution in [3.05, 3.63) is 48.0 Å². The molecule has 1 atom stereocenters. The number of fused-ring (bicyclic) bond motifs is 1. The van der Waals surface area contributed by atoms with Gasteiger partial charge in [-0.1, -0.05) is 32.0 Å². The molecule has 0 spiro atoms. The van der Waals surface area contributed by atoms with Crippen molar-refractivity contribution in [3.63, 3.8) is 0 Å². The number of rotatable bonds is 7. The first kappa shape index (κ1) is 20.4. The first-order chi connectivity index (χ1) is 13.2. The second-order valence-corrected chi connectivity index (χ2v) is 9.82. The zero-order valence-electron chi connectivity index (χ0n) is 16.6. The van der Waals surface area contributed by atoms with E-state index in [1.165, 1.54) is 6.26 Å². The minimum absolute atomic E-state index is 0.0548. The van der Waals surface area contributed by atoms with Crippen molar-refractivity contribution in [1.29, 1.82) is 0 Å². The maximum atomic E-state index is 11.9. The molecule has 0 saturated heterocycles. The molecular formula is C22H27NO4S. The summed E-state index contributed by atoms with van der Waals surface area (Å²) < 4.78 is 29.2. The quantitative estimate of drug-likeness (QED) is 0.769. The van der Waals surface area contributed by atoms with Gasteiger partial charge in [-0.25, -0.2) is 8.42 Å². The Morgan fingerprint density at radius 3 is 2.46 bits per heavy atom. The van der Waals surface area contributed by atoms with E-state index in [1.54, 1.807) is 12.1 Å². The van der Waals surface area contributed by atoms with Crippen LogP contribution in [-0.2, 0) is 21.1 Å². The van der Waals surface area contributed by atoms with Crippen molar-refractivity contribution in [2.75, 3.05) is 12.8 Å². The van der Waals surface area contributed by atoms with Crippen LogP contribution in [0.4, 0.5) is 0 Å². The van der Waals surface area contributed by atoms with Gasteiger partial charge in [0.25, 0.3) is 0 Å². The Morgan fingerprint density at radius 2 is 1.82 bits per heavy atom. The molecule has 2 aromatic carbocycles. The van der Waals surface area contributed by atoms with Gasteiger partial charge < -0.3 is 10.1 Å². The molecule has 0 fully saturated rings. The molecule has 28 heavy (non-hydrogen) atoms. The molecule has 2 aromatic rings. The van der Waals surface area contributed by atoms with E-state index >= 15 is 0 Å². The molecule has 1 N–H and O–H groups in total. The molecule has 1 heterocycles. The van der Waals surface area contributed by atoms with Crippen LogP contribution in [-0.4, -0.2) is 33.2 Å². The van der Waals surface area contributed by atoms with Crippen LogP contribution in [0.1, 0.15) is 32.3 Å². The molecule has 3 rings (SSSR count). The van der Waals surface area contributed by atoms with Gasteiger partial charge in [-0.05, 0) is 53.3 Å². The van der Waals surface area contributed by atoms with Gasteiger partial charge in [-0.3, -0.25) is 4.79 Å². The van der Waals surface area contributed by atoms with E-state index in [-0.39, 0.29) is 12.0 Å². The molecule has 0 radical (unpaired) electrons. The monoisotopic (exact) mass is 401 g/mol. The Kier molecular flexibility index (Phi) is 6.08. The zero-order valence-corrected chi connectivity index (χ0v) is 17.4. The maximum absolute atomic E-state index is 11.9. The number of carbonyl (C=O) groups is 1. The smallest absolute Gasteiger partial charge is 0.220 e. The van der Waals surface area contributed by atoms with E-state index in [0.29, 0.717) is 23.8 Å². The van der Waals surface area contributed by atoms with Crippen LogP contribution < -0.4 is 10.1 Å². The molecule has 1 aliphatic heterocycles. The van der Waals surface area contributed by atoms with Gasteiger partial charge in [-0.15, -0.1) is 0 Å². The third-order valence-electron chi connectivity index (χ3n) is 4.89. The lowest BCUT2D eigenvalue weighted by Gasteiger charge is -2.12. The van der Waals surface area contributed by atoms with Crippen LogP contribution >= 0.6 is 0 Å². The molecule has 0 aromatic heterocycles. The normalized spacial score (nSPS) is 15.9. The summed E-state index contributed by atoms with van der Waals surface area (Å²) in [6.45, 7) is 4.72. The summed E-state index contributed by atoms with van der Waals surface area (Å²) in [4.78, 5) is 12.2. The second-order valence-electron chi connectivity index (χ2n) is 7.80. The summed E-state index contributed by atoms with van der Waals surface area (Å²) in [6.07, 6.45) is 3.33. The van der Waals surface area contributed by atoms with Crippen molar-refractivity contribution < 1.29 is 17.9 Å². The average Bonchev–Trinajstić information content (AvgIpc) is 3.06. The lowest BCUT2D eigenvalue weighted by Crippen LogP contribution is -2.34. The van der Waals surface area contributed by atoms with Crippen LogP contribution in [0.2, 0.25) is 0 Å². The van der Waals surface area contributed by atoms with Crippen molar-refractivity contribution >= 4 is 15.7 Å². The Morgan fingerprint density at radius 1 is 1.14 bits per heavy atom. The lowest BCUT2D eigenvalue weighted by molar-refractivity contribution is -0.121. The Labute approximate surface area is 167 Å². The molecule has 1 amide bonds. The van der Waals surface area contributed by atoms with Gasteiger partial charge >= 0.3 is 0 Å². The topological polar surface area (TPSA) is 72.5 Å². The largest absolute Gasteiger partial charge is 0.488 e. The van der Waals surface area contributed by atoms with Crippen LogP contribution in [0.3, 0.4) is 0 Å². The van der Waals surface area contributed by atoms with Gasteiger partial charge in [0.15, 0.2) is 9.84 Å². The molecule has 5 nitrogen and oxygen atoms in total. The third-order valence-corrected chi connectivity index (χ3v) is 6.02. The van der Waals surface area contributed by atoms with Crippen LogP contribution in [0.5, 0.6) is 5.75 Å². The standard InChI is InChI=1S/C22H27NO4S/c1-15(2)4-11-22(24)23-14-19-13-18-12-17(7-10-21(18)27-19)16-5-8-20(9-6-16)28(3,25)26/h5-10,12,15,19H,4,11,13-14H2,1-3H3,(H,23,24). The summed E-state index contributed by atoms with van der Waals surface area (Å²) >= 11 is 0. The predicted molar refractivity (Wildman–Crippen MR) is 110 cm³/mol. The fourth-order valence-electron chi connectivity index (χ4n) is 3.24. The Hall–Kier alpha value is -2.34. The first-order valence-electron chi connectivity index (χ1n) is 9.59. The number of ether oxygens (including phenoxy) is 1. The van der Waals surface area contributed by atoms with Gasteiger partial charge in [0.1, 0.15) is 11.9 Å². The summed E-state index contributed by atoms with van der Waals surface area (Å²) in [6, 6.07) is 12.9. The number of hydrogen-bond acceptors (Lipinski definition) is 4. The van der Waals surface area contributed by atoms with Crippen LogP contribution in [0.25, 0.3) is 11.1 Å². The maximum Gasteiger partial charge on any atom is 0.220 e. The molecule has 6 heteroatoms. The number of carbonyl (C=O) groups excluding carboxylic acids is 1. The van der Waals surface area contributed by atoms with Crippen molar-refractivity contribution in [2.45, 2.75) is 44.1 Å². The van der Waals surface area contributed by atoms with Gasteiger partial charge in [-0.2, -0.15) is 0 Å². The summed E-state index contributed by atoms with van der Waals surface area (Å²) in [5, 5.41) is 2.96. The fraction of sp³-hybridized carbons (Fsp3) is 0.409. The lowest BCUT2D eigenvalue weighted by atomic mass is 10.0. The van der Waals surface area contributed by atoms with Crippen LogP contribution in [0, 0.1) is 5.92 Å². The fourth-order valence-corrected chi connectivity index (χ4v) is 3.87. The number of benzene rings is 2. The highest BCUT2D eigenvalue weighted by atomic mass is 32.2. The summed E-state index contributed by atoms with van der Waals surface area (Å²) in [7, 11) is -3.20. The van der Waals surface area contributed by atoms with E-state index in [1.807, 2.05) is 24.3 Å². The molecule has 0 aliphatic carbocycles. The van der Waals surface area contributed by atoms with Crippen LogP contribution in [0.15, 0.2) is 47.4 Å². The predicted octanol–water partition coefficient (Wildman–Crippen LogP) is 3.61. The highest BCUT2D eigenvalue weighted by Gasteiger charge is 2.23. The number of sulfone groups is 1. The number of hydrogen-bond donors (Lipinski definition) is 1. The van der Waals surface area contributed by atoms with Gasteiger partial charge in [0.05, 0.1) is 11.4 Å². The molecule has 1 unspecified atom stereocenters. The van der Waals surface area contributed by atoms with E-state index < -0.39 is 9.84 Å². The zero-order chi connectivity index (χ0) is 20.3. The average molecular weight is 402 g/mol. The first-order valence-corrected chi connectivity index (χ1v) is 11.5. The molecule has 150 valence electrons. The van der Waals surface area contributed by atoms with Gasteiger partial charge in [0.2, 0.25) is 5.91 Å². The number of nitrogens with one attached hydrogen (secondary N) is 1. The summed E-state index contributed by atoms with van der Waals surface area (Å²) in [5.41, 5.74) is 3.08. The van der Waals surface area contributed by atoms with E-state index in [4.69, 9.17) is 4.74 Å². The molecular weight excluding hydrogens is 374 g/mol. The van der Waals surface area contributed by atoms with Crippen molar-refractivity contribution in [2.24, 2.45) is 5.92 Å². The highest BCUT2D eigenvalue weighted by Crippen LogP contribution is 2.33. The van der Waals surface area contributed by atoms with Crippen molar-refractivity contribution in [1.82, 2.24) is 5.32 Å². The highest BCUT2D eigenvalue weighted by molar-refractivity contribution is 7.90. The summed E-state index contributed by atoms with van der Waals surface area (Å²) in [5.74, 6) is 1.43. The molecule has 0 bridgehead atoms. The Balaban J connectivity index is 1.62. The Bertz CT molecular complexity index is 949.